The van der Waals surface area contributed by atoms with Crippen LogP contribution < -0.4 is 0 Å². The Labute approximate surface area is 110 Å². The minimum Gasteiger partial charge on any atom is -0.288 e. The van der Waals surface area contributed by atoms with E-state index >= 15 is 0 Å². The highest BCUT2D eigenvalue weighted by Gasteiger charge is 2.18. The topological polar surface area (TPSA) is 17.1 Å². The van der Waals surface area contributed by atoms with E-state index < -0.39 is 0 Å². The van der Waals surface area contributed by atoms with Crippen LogP contribution in [0.15, 0.2) is 23.6 Å². The first kappa shape index (κ1) is 12.3. The summed E-state index contributed by atoms with van der Waals surface area (Å²) in [6, 6.07) is 5.77. The fraction of sp³-hybridized carbons (Fsp3) is 0.214. The molecule has 3 heteroatoms. The lowest BCUT2D eigenvalue weighted by Crippen LogP contribution is -2.03. The van der Waals surface area contributed by atoms with Gasteiger partial charge in [-0.1, -0.05) is 29.8 Å². The zero-order valence-electron chi connectivity index (χ0n) is 10.0. The Kier molecular flexibility index (Phi) is 3.36. The zero-order chi connectivity index (χ0) is 12.6. The Bertz CT molecular complexity index is 584. The van der Waals surface area contributed by atoms with E-state index in [2.05, 4.69) is 0 Å². The Morgan fingerprint density at radius 3 is 2.47 bits per heavy atom. The van der Waals surface area contributed by atoms with Crippen molar-refractivity contribution in [2.75, 3.05) is 0 Å². The molecule has 1 nitrogen and oxygen atoms in total. The largest absolute Gasteiger partial charge is 0.288 e. The highest BCUT2D eigenvalue weighted by molar-refractivity contribution is 7.13. The summed E-state index contributed by atoms with van der Waals surface area (Å²) < 4.78 is 0. The van der Waals surface area contributed by atoms with Gasteiger partial charge in [-0.25, -0.2) is 0 Å². The minimum atomic E-state index is 0.0225. The lowest BCUT2D eigenvalue weighted by Gasteiger charge is -2.06. The second-order valence-corrected chi connectivity index (χ2v) is 5.40. The van der Waals surface area contributed by atoms with E-state index in [0.29, 0.717) is 9.90 Å². The van der Waals surface area contributed by atoms with Crippen LogP contribution in [-0.4, -0.2) is 5.78 Å². The van der Waals surface area contributed by atoms with Crippen molar-refractivity contribution >= 4 is 28.7 Å². The quantitative estimate of drug-likeness (QED) is 0.727. The molecule has 2 aromatic rings. The first-order valence-corrected chi connectivity index (χ1v) is 6.62. The van der Waals surface area contributed by atoms with Crippen molar-refractivity contribution in [2.45, 2.75) is 20.8 Å². The molecule has 0 spiro atoms. The third-order valence-electron chi connectivity index (χ3n) is 2.95. The fourth-order valence-corrected chi connectivity index (χ4v) is 2.94. The molecule has 88 valence electrons. The Balaban J connectivity index is 2.51. The second-order valence-electron chi connectivity index (χ2n) is 4.14. The molecule has 0 N–H and O–H groups in total. The minimum absolute atomic E-state index is 0.0225. The van der Waals surface area contributed by atoms with Crippen LogP contribution in [0.25, 0.3) is 0 Å². The van der Waals surface area contributed by atoms with E-state index in [-0.39, 0.29) is 5.78 Å². The summed E-state index contributed by atoms with van der Waals surface area (Å²) >= 11 is 7.55. The zero-order valence-corrected chi connectivity index (χ0v) is 11.6. The number of carbonyl (C=O) groups is 1. The molecule has 0 saturated heterocycles. The molecule has 17 heavy (non-hydrogen) atoms. The number of carbonyl (C=O) groups excluding carboxylic acids is 1. The number of ketones is 1. The van der Waals surface area contributed by atoms with Crippen molar-refractivity contribution in [3.63, 3.8) is 0 Å². The maximum absolute atomic E-state index is 12.4. The van der Waals surface area contributed by atoms with Gasteiger partial charge in [0.15, 0.2) is 0 Å². The lowest BCUT2D eigenvalue weighted by atomic mass is 9.99. The molecule has 0 fully saturated rings. The SMILES string of the molecule is Cc1cccc(C(=O)c2scc(C)c2Cl)c1C. The molecule has 0 radical (unpaired) electrons. The summed E-state index contributed by atoms with van der Waals surface area (Å²) in [5.74, 6) is 0.0225. The van der Waals surface area contributed by atoms with Crippen LogP contribution in [0, 0.1) is 20.8 Å². The van der Waals surface area contributed by atoms with Gasteiger partial charge in [-0.15, -0.1) is 11.3 Å². The van der Waals surface area contributed by atoms with Crippen LogP contribution in [0.5, 0.6) is 0 Å². The molecule has 0 aliphatic heterocycles. The first-order chi connectivity index (χ1) is 8.02. The van der Waals surface area contributed by atoms with Crippen molar-refractivity contribution in [2.24, 2.45) is 0 Å². The maximum atomic E-state index is 12.4. The second kappa shape index (κ2) is 4.63. The molecule has 0 saturated carbocycles. The molecule has 0 aliphatic rings. The van der Waals surface area contributed by atoms with Crippen LogP contribution in [0.4, 0.5) is 0 Å². The highest BCUT2D eigenvalue weighted by atomic mass is 35.5. The number of halogens is 1. The summed E-state index contributed by atoms with van der Waals surface area (Å²) in [4.78, 5) is 13.0. The normalized spacial score (nSPS) is 10.6. The van der Waals surface area contributed by atoms with Gasteiger partial charge in [-0.2, -0.15) is 0 Å². The first-order valence-electron chi connectivity index (χ1n) is 5.37. The van der Waals surface area contributed by atoms with Crippen molar-refractivity contribution in [1.82, 2.24) is 0 Å². The van der Waals surface area contributed by atoms with Crippen molar-refractivity contribution < 1.29 is 4.79 Å². The van der Waals surface area contributed by atoms with Gasteiger partial charge < -0.3 is 0 Å². The van der Waals surface area contributed by atoms with Gasteiger partial charge in [-0.05, 0) is 42.8 Å². The molecule has 0 aliphatic carbocycles. The molecule has 1 heterocycles. The van der Waals surface area contributed by atoms with Gasteiger partial charge in [0.25, 0.3) is 0 Å². The molecule has 2 rings (SSSR count). The lowest BCUT2D eigenvalue weighted by molar-refractivity contribution is 0.104. The highest BCUT2D eigenvalue weighted by Crippen LogP contribution is 2.30. The fourth-order valence-electron chi connectivity index (χ4n) is 1.70. The van der Waals surface area contributed by atoms with Crippen LogP contribution >= 0.6 is 22.9 Å². The van der Waals surface area contributed by atoms with Gasteiger partial charge in [0.2, 0.25) is 5.78 Å². The number of rotatable bonds is 2. The number of thiophene rings is 1. The molecule has 0 unspecified atom stereocenters. The van der Waals surface area contributed by atoms with Crippen LogP contribution in [0.1, 0.15) is 31.9 Å². The Hall–Kier alpha value is -1.12. The molecule has 1 aromatic carbocycles. The average molecular weight is 265 g/mol. The number of hydrogen-bond donors (Lipinski definition) is 0. The van der Waals surface area contributed by atoms with E-state index in [4.69, 9.17) is 11.6 Å². The molecule has 0 atom stereocenters. The van der Waals surface area contributed by atoms with Gasteiger partial charge in [0, 0.05) is 5.56 Å². The number of aryl methyl sites for hydroxylation is 2. The monoisotopic (exact) mass is 264 g/mol. The average Bonchev–Trinajstić information content (AvgIpc) is 2.63. The van der Waals surface area contributed by atoms with Crippen LogP contribution in [0.2, 0.25) is 5.02 Å². The third-order valence-corrected chi connectivity index (χ3v) is 4.65. The van der Waals surface area contributed by atoms with Gasteiger partial charge in [-0.3, -0.25) is 4.79 Å². The standard InChI is InChI=1S/C14H13ClOS/c1-8-5-4-6-11(10(8)3)13(16)14-12(15)9(2)7-17-14/h4-7H,1-3H3. The number of benzene rings is 1. The summed E-state index contributed by atoms with van der Waals surface area (Å²) in [6.07, 6.45) is 0. The summed E-state index contributed by atoms with van der Waals surface area (Å²) in [5, 5.41) is 2.50. The van der Waals surface area contributed by atoms with Crippen LogP contribution in [-0.2, 0) is 0 Å². The van der Waals surface area contributed by atoms with Gasteiger partial charge in [0.05, 0.1) is 9.90 Å². The van der Waals surface area contributed by atoms with Gasteiger partial charge in [0.1, 0.15) is 0 Å². The van der Waals surface area contributed by atoms with E-state index in [1.807, 2.05) is 44.4 Å². The Morgan fingerprint density at radius 1 is 1.18 bits per heavy atom. The van der Waals surface area contributed by atoms with E-state index in [1.54, 1.807) is 0 Å². The molecular weight excluding hydrogens is 252 g/mol. The van der Waals surface area contributed by atoms with E-state index in [0.717, 1.165) is 22.3 Å². The van der Waals surface area contributed by atoms with Gasteiger partial charge >= 0.3 is 0 Å². The maximum Gasteiger partial charge on any atom is 0.204 e. The molecular formula is C14H13ClOS. The molecule has 1 aromatic heterocycles. The molecule has 0 amide bonds. The third kappa shape index (κ3) is 2.15. The molecule has 0 bridgehead atoms. The predicted octanol–water partition coefficient (Wildman–Crippen LogP) is 4.56. The summed E-state index contributed by atoms with van der Waals surface area (Å²) in [6.45, 7) is 5.89. The Morgan fingerprint density at radius 2 is 1.88 bits per heavy atom. The predicted molar refractivity (Wildman–Crippen MR) is 73.4 cm³/mol. The smallest absolute Gasteiger partial charge is 0.204 e. The van der Waals surface area contributed by atoms with Crippen molar-refractivity contribution in [3.05, 3.63) is 55.7 Å². The summed E-state index contributed by atoms with van der Waals surface area (Å²) in [5.41, 5.74) is 3.86. The van der Waals surface area contributed by atoms with E-state index in [9.17, 15) is 4.79 Å². The van der Waals surface area contributed by atoms with Crippen molar-refractivity contribution in [3.8, 4) is 0 Å². The van der Waals surface area contributed by atoms with E-state index in [1.165, 1.54) is 11.3 Å². The van der Waals surface area contributed by atoms with Crippen LogP contribution in [0.3, 0.4) is 0 Å². The number of hydrogen-bond acceptors (Lipinski definition) is 2. The summed E-state index contributed by atoms with van der Waals surface area (Å²) in [7, 11) is 0. The van der Waals surface area contributed by atoms with Crippen molar-refractivity contribution in [1.29, 1.82) is 0 Å².